The first-order chi connectivity index (χ1) is 4.34. The van der Waals surface area contributed by atoms with Crippen molar-refractivity contribution < 1.29 is 4.79 Å². The molecule has 2 nitrogen and oxygen atoms in total. The maximum Gasteiger partial charge on any atom is 0.208 e. The zero-order valence-corrected chi connectivity index (χ0v) is 5.81. The standard InChI is InChI=1S/C6H6NOS/c1-5(4-8)6-7-2-3-9-6/h2-3,5H,1H3. The number of hydrogen-bond donors (Lipinski definition) is 0. The summed E-state index contributed by atoms with van der Waals surface area (Å²) in [6.07, 6.45) is 3.55. The Kier molecular flexibility index (Phi) is 1.95. The number of hydrogen-bond acceptors (Lipinski definition) is 3. The molecular formula is C6H6NOS. The second kappa shape index (κ2) is 2.73. The average Bonchev–Trinajstić information content (AvgIpc) is 2.37. The Labute approximate surface area is 57.5 Å². The second-order valence-corrected chi connectivity index (χ2v) is 2.64. The molecule has 1 unspecified atom stereocenters. The van der Waals surface area contributed by atoms with Crippen LogP contribution in [0.15, 0.2) is 11.6 Å². The van der Waals surface area contributed by atoms with E-state index in [4.69, 9.17) is 0 Å². The van der Waals surface area contributed by atoms with E-state index >= 15 is 0 Å². The summed E-state index contributed by atoms with van der Waals surface area (Å²) in [6.45, 7) is 1.78. The average molecular weight is 140 g/mol. The van der Waals surface area contributed by atoms with Crippen molar-refractivity contribution >= 4 is 17.6 Å². The molecule has 0 aromatic carbocycles. The van der Waals surface area contributed by atoms with Crippen LogP contribution in [0.25, 0.3) is 0 Å². The summed E-state index contributed by atoms with van der Waals surface area (Å²) < 4.78 is 0. The van der Waals surface area contributed by atoms with Crippen LogP contribution in [0.2, 0.25) is 0 Å². The third-order valence-electron chi connectivity index (χ3n) is 0.999. The second-order valence-electron chi connectivity index (χ2n) is 1.71. The topological polar surface area (TPSA) is 30.0 Å². The normalized spacial score (nSPS) is 13.0. The zero-order chi connectivity index (χ0) is 6.69. The number of carbonyl (C=O) groups excluding carboxylic acids is 1. The van der Waals surface area contributed by atoms with Gasteiger partial charge >= 0.3 is 0 Å². The van der Waals surface area contributed by atoms with E-state index < -0.39 is 0 Å². The van der Waals surface area contributed by atoms with E-state index in [9.17, 15) is 4.79 Å². The van der Waals surface area contributed by atoms with Crippen molar-refractivity contribution in [2.24, 2.45) is 0 Å². The van der Waals surface area contributed by atoms with E-state index in [2.05, 4.69) is 4.98 Å². The van der Waals surface area contributed by atoms with Gasteiger partial charge in [0.05, 0.1) is 5.92 Å². The summed E-state index contributed by atoms with van der Waals surface area (Å²) >= 11 is 1.48. The molecule has 47 valence electrons. The fourth-order valence-corrected chi connectivity index (χ4v) is 1.13. The molecule has 0 saturated carbocycles. The Balaban J connectivity index is 2.76. The van der Waals surface area contributed by atoms with Crippen LogP contribution in [0.4, 0.5) is 0 Å². The van der Waals surface area contributed by atoms with E-state index in [1.54, 1.807) is 13.1 Å². The van der Waals surface area contributed by atoms with E-state index in [-0.39, 0.29) is 5.92 Å². The summed E-state index contributed by atoms with van der Waals surface area (Å²) in [6, 6.07) is 0. The first-order valence-corrected chi connectivity index (χ1v) is 3.49. The molecule has 0 aliphatic heterocycles. The Morgan fingerprint density at radius 1 is 1.89 bits per heavy atom. The lowest BCUT2D eigenvalue weighted by Crippen LogP contribution is -1.91. The van der Waals surface area contributed by atoms with E-state index in [1.165, 1.54) is 11.3 Å². The summed E-state index contributed by atoms with van der Waals surface area (Å²) in [4.78, 5) is 14.0. The van der Waals surface area contributed by atoms with Crippen molar-refractivity contribution in [3.8, 4) is 0 Å². The van der Waals surface area contributed by atoms with Crippen LogP contribution in [0.5, 0.6) is 0 Å². The van der Waals surface area contributed by atoms with Gasteiger partial charge in [-0.25, -0.2) is 4.98 Å². The Bertz CT molecular complexity index is 183. The van der Waals surface area contributed by atoms with Crippen LogP contribution in [0, 0.1) is 0 Å². The van der Waals surface area contributed by atoms with Gasteiger partial charge in [0, 0.05) is 11.6 Å². The van der Waals surface area contributed by atoms with Crippen LogP contribution in [0.1, 0.15) is 17.8 Å². The van der Waals surface area contributed by atoms with Gasteiger partial charge in [0.25, 0.3) is 0 Å². The third kappa shape index (κ3) is 1.36. The Morgan fingerprint density at radius 2 is 2.67 bits per heavy atom. The Hall–Kier alpha value is -0.700. The lowest BCUT2D eigenvalue weighted by atomic mass is 10.2. The van der Waals surface area contributed by atoms with Crippen molar-refractivity contribution in [3.05, 3.63) is 16.6 Å². The maximum absolute atomic E-state index is 10.0. The molecule has 1 radical (unpaired) electrons. The van der Waals surface area contributed by atoms with Crippen molar-refractivity contribution in [2.75, 3.05) is 0 Å². The number of nitrogens with zero attached hydrogens (tertiary/aromatic N) is 1. The smallest absolute Gasteiger partial charge is 0.208 e. The molecule has 0 aliphatic carbocycles. The molecule has 1 atom stereocenters. The van der Waals surface area contributed by atoms with Gasteiger partial charge in [0.1, 0.15) is 5.01 Å². The fourth-order valence-electron chi connectivity index (χ4n) is 0.499. The molecule has 3 heteroatoms. The molecule has 0 bridgehead atoms. The molecule has 0 spiro atoms. The largest absolute Gasteiger partial charge is 0.290 e. The minimum atomic E-state index is -0.162. The first kappa shape index (κ1) is 6.42. The van der Waals surface area contributed by atoms with Crippen molar-refractivity contribution in [1.82, 2.24) is 4.98 Å². The van der Waals surface area contributed by atoms with Gasteiger partial charge < -0.3 is 0 Å². The molecule has 0 aliphatic rings. The van der Waals surface area contributed by atoms with Gasteiger partial charge in [-0.3, -0.25) is 4.79 Å². The van der Waals surface area contributed by atoms with Gasteiger partial charge in [0.15, 0.2) is 0 Å². The fraction of sp³-hybridized carbons (Fsp3) is 0.333. The summed E-state index contributed by atoms with van der Waals surface area (Å²) in [7, 11) is 0. The molecular weight excluding hydrogens is 134 g/mol. The highest BCUT2D eigenvalue weighted by Gasteiger charge is 2.05. The molecule has 1 heterocycles. The number of aromatic nitrogens is 1. The van der Waals surface area contributed by atoms with Crippen LogP contribution < -0.4 is 0 Å². The van der Waals surface area contributed by atoms with Gasteiger partial charge in [-0.05, 0) is 6.92 Å². The lowest BCUT2D eigenvalue weighted by molar-refractivity contribution is 0.546. The SMILES string of the molecule is CC([C]=O)c1nccs1. The highest BCUT2D eigenvalue weighted by Crippen LogP contribution is 2.14. The van der Waals surface area contributed by atoms with Gasteiger partial charge in [-0.2, -0.15) is 0 Å². The predicted octanol–water partition coefficient (Wildman–Crippen LogP) is 1.36. The van der Waals surface area contributed by atoms with Crippen LogP contribution >= 0.6 is 11.3 Å². The highest BCUT2D eigenvalue weighted by molar-refractivity contribution is 7.09. The molecule has 1 aromatic heterocycles. The Morgan fingerprint density at radius 3 is 3.11 bits per heavy atom. The van der Waals surface area contributed by atoms with E-state index in [0.717, 1.165) is 5.01 Å². The van der Waals surface area contributed by atoms with Crippen LogP contribution in [-0.4, -0.2) is 11.3 Å². The molecule has 1 rings (SSSR count). The van der Waals surface area contributed by atoms with E-state index in [0.29, 0.717) is 0 Å². The minimum Gasteiger partial charge on any atom is -0.290 e. The summed E-state index contributed by atoms with van der Waals surface area (Å²) in [5.41, 5.74) is 0. The molecule has 1 aromatic rings. The minimum absolute atomic E-state index is 0.162. The molecule has 9 heavy (non-hydrogen) atoms. The van der Waals surface area contributed by atoms with Gasteiger partial charge in [-0.1, -0.05) is 0 Å². The monoisotopic (exact) mass is 140 g/mol. The summed E-state index contributed by atoms with van der Waals surface area (Å²) in [5.74, 6) is -0.162. The van der Waals surface area contributed by atoms with Crippen molar-refractivity contribution in [1.29, 1.82) is 0 Å². The lowest BCUT2D eigenvalue weighted by Gasteiger charge is -1.91. The molecule has 0 fully saturated rings. The predicted molar refractivity (Wildman–Crippen MR) is 36.2 cm³/mol. The van der Waals surface area contributed by atoms with Crippen molar-refractivity contribution in [3.63, 3.8) is 0 Å². The first-order valence-electron chi connectivity index (χ1n) is 2.61. The maximum atomic E-state index is 10.0. The number of thiazole rings is 1. The molecule has 0 amide bonds. The van der Waals surface area contributed by atoms with Crippen LogP contribution in [-0.2, 0) is 4.79 Å². The van der Waals surface area contributed by atoms with Gasteiger partial charge in [0.2, 0.25) is 6.29 Å². The molecule has 0 N–H and O–H groups in total. The van der Waals surface area contributed by atoms with E-state index in [1.807, 2.05) is 11.7 Å². The highest BCUT2D eigenvalue weighted by atomic mass is 32.1. The zero-order valence-electron chi connectivity index (χ0n) is 5.00. The summed E-state index contributed by atoms with van der Waals surface area (Å²) in [5, 5.41) is 2.69. The van der Waals surface area contributed by atoms with Gasteiger partial charge in [-0.15, -0.1) is 11.3 Å². The third-order valence-corrected chi connectivity index (χ3v) is 1.96. The molecule has 0 saturated heterocycles. The van der Waals surface area contributed by atoms with Crippen molar-refractivity contribution in [2.45, 2.75) is 12.8 Å². The number of rotatable bonds is 2. The quantitative estimate of drug-likeness (QED) is 0.620. The van der Waals surface area contributed by atoms with Crippen LogP contribution in [0.3, 0.4) is 0 Å².